The molecule has 0 radical (unpaired) electrons. The van der Waals surface area contributed by atoms with Crippen molar-refractivity contribution in [1.82, 2.24) is 9.97 Å². The minimum absolute atomic E-state index is 0.160. The Balaban J connectivity index is 1.95. The van der Waals surface area contributed by atoms with Crippen molar-refractivity contribution in [2.45, 2.75) is 33.6 Å². The lowest BCUT2D eigenvalue weighted by Gasteiger charge is -2.06. The molecule has 3 aromatic rings. The van der Waals surface area contributed by atoms with Gasteiger partial charge in [-0.1, -0.05) is 31.0 Å². The molecule has 0 atom stereocenters. The quantitative estimate of drug-likeness (QED) is 0.701. The number of aromatic nitrogens is 2. The van der Waals surface area contributed by atoms with Gasteiger partial charge in [0.05, 0.1) is 5.69 Å². The van der Waals surface area contributed by atoms with E-state index in [1.807, 2.05) is 0 Å². The lowest BCUT2D eigenvalue weighted by atomic mass is 10.0. The highest BCUT2D eigenvalue weighted by Crippen LogP contribution is 2.34. The van der Waals surface area contributed by atoms with Gasteiger partial charge in [0.2, 0.25) is 0 Å². The number of rotatable bonds is 5. The number of carbonyl (C=O) groups is 1. The van der Waals surface area contributed by atoms with Crippen LogP contribution in [-0.2, 0) is 6.42 Å². The van der Waals surface area contributed by atoms with Crippen molar-refractivity contribution in [1.29, 1.82) is 0 Å². The molecule has 3 rings (SSSR count). The Kier molecular flexibility index (Phi) is 5.24. The smallest absolute Gasteiger partial charge is 0.257 e. The Morgan fingerprint density at radius 1 is 1.16 bits per heavy atom. The molecule has 0 spiro atoms. The summed E-state index contributed by atoms with van der Waals surface area (Å²) in [5.41, 5.74) is 5.11. The van der Waals surface area contributed by atoms with Gasteiger partial charge < -0.3 is 0 Å². The third-order valence-corrected chi connectivity index (χ3v) is 5.02. The minimum atomic E-state index is -0.160. The van der Waals surface area contributed by atoms with Crippen LogP contribution in [0.5, 0.6) is 0 Å². The monoisotopic (exact) mass is 351 g/mol. The van der Waals surface area contributed by atoms with E-state index in [0.717, 1.165) is 24.1 Å². The number of hydrogen-bond acceptors (Lipinski definition) is 4. The molecule has 0 aliphatic heterocycles. The Morgan fingerprint density at radius 3 is 2.64 bits per heavy atom. The summed E-state index contributed by atoms with van der Waals surface area (Å²) in [4.78, 5) is 22.3. The maximum absolute atomic E-state index is 12.4. The fraction of sp³-hybridized carbons (Fsp3) is 0.250. The Hall–Kier alpha value is -2.53. The van der Waals surface area contributed by atoms with Crippen LogP contribution in [-0.4, -0.2) is 15.9 Å². The fourth-order valence-corrected chi connectivity index (χ4v) is 3.75. The first-order chi connectivity index (χ1) is 12.1. The summed E-state index contributed by atoms with van der Waals surface area (Å²) < 4.78 is 0. The molecule has 0 aliphatic rings. The molecule has 1 aromatic carbocycles. The van der Waals surface area contributed by atoms with E-state index in [0.29, 0.717) is 10.7 Å². The number of thiazole rings is 1. The van der Waals surface area contributed by atoms with Crippen molar-refractivity contribution in [3.05, 3.63) is 64.3 Å². The molecule has 0 fully saturated rings. The molecule has 4 nitrogen and oxygen atoms in total. The highest BCUT2D eigenvalue weighted by Gasteiger charge is 2.16. The average Bonchev–Trinajstić information content (AvgIpc) is 3.00. The van der Waals surface area contributed by atoms with Gasteiger partial charge in [0, 0.05) is 28.4 Å². The summed E-state index contributed by atoms with van der Waals surface area (Å²) in [5.74, 6) is -0.160. The van der Waals surface area contributed by atoms with E-state index in [9.17, 15) is 4.79 Å². The van der Waals surface area contributed by atoms with Gasteiger partial charge in [-0.15, -0.1) is 11.3 Å². The standard InChI is InChI=1S/C20H21N3OS/c1-4-5-17-18(16-12-13(2)6-7-14(16)3)22-20(25-17)23-19(24)15-8-10-21-11-9-15/h6-12H,4-5H2,1-3H3,(H,22,23,24). The van der Waals surface area contributed by atoms with Gasteiger partial charge in [0.25, 0.3) is 5.91 Å². The Morgan fingerprint density at radius 2 is 1.92 bits per heavy atom. The van der Waals surface area contributed by atoms with E-state index in [1.165, 1.54) is 16.0 Å². The van der Waals surface area contributed by atoms with E-state index in [-0.39, 0.29) is 5.91 Å². The van der Waals surface area contributed by atoms with E-state index >= 15 is 0 Å². The Labute approximate surface area is 152 Å². The number of pyridine rings is 1. The van der Waals surface area contributed by atoms with Crippen LogP contribution in [0.25, 0.3) is 11.3 Å². The van der Waals surface area contributed by atoms with Gasteiger partial charge in [0.1, 0.15) is 0 Å². The van der Waals surface area contributed by atoms with Gasteiger partial charge in [-0.3, -0.25) is 15.1 Å². The number of aryl methyl sites for hydroxylation is 3. The van der Waals surface area contributed by atoms with Gasteiger partial charge in [-0.25, -0.2) is 4.98 Å². The number of amides is 1. The molecule has 0 bridgehead atoms. The first-order valence-electron chi connectivity index (χ1n) is 8.37. The van der Waals surface area contributed by atoms with Crippen LogP contribution < -0.4 is 5.32 Å². The van der Waals surface area contributed by atoms with Crippen LogP contribution in [0, 0.1) is 13.8 Å². The van der Waals surface area contributed by atoms with Gasteiger partial charge >= 0.3 is 0 Å². The third kappa shape index (κ3) is 3.94. The van der Waals surface area contributed by atoms with Gasteiger partial charge in [-0.2, -0.15) is 0 Å². The number of nitrogens with one attached hydrogen (secondary N) is 1. The second-order valence-corrected chi connectivity index (χ2v) is 7.13. The SMILES string of the molecule is CCCc1sc(NC(=O)c2ccncc2)nc1-c1cc(C)ccc1C. The number of anilines is 1. The number of nitrogens with zero attached hydrogens (tertiary/aromatic N) is 2. The lowest BCUT2D eigenvalue weighted by Crippen LogP contribution is -2.11. The summed E-state index contributed by atoms with van der Waals surface area (Å²) in [5, 5.41) is 3.56. The highest BCUT2D eigenvalue weighted by atomic mass is 32.1. The molecule has 0 aliphatic carbocycles. The van der Waals surface area contributed by atoms with Crippen LogP contribution in [0.3, 0.4) is 0 Å². The molecule has 0 unspecified atom stereocenters. The summed E-state index contributed by atoms with van der Waals surface area (Å²) in [6.45, 7) is 6.34. The highest BCUT2D eigenvalue weighted by molar-refractivity contribution is 7.16. The predicted octanol–water partition coefficient (Wildman–Crippen LogP) is 5.03. The van der Waals surface area contributed by atoms with Crippen LogP contribution in [0.2, 0.25) is 0 Å². The van der Waals surface area contributed by atoms with Crippen LogP contribution in [0.4, 0.5) is 5.13 Å². The van der Waals surface area contributed by atoms with Crippen molar-refractivity contribution in [3.8, 4) is 11.3 Å². The number of hydrogen-bond donors (Lipinski definition) is 1. The van der Waals surface area contributed by atoms with E-state index in [4.69, 9.17) is 4.98 Å². The molecule has 2 heterocycles. The van der Waals surface area contributed by atoms with E-state index in [1.54, 1.807) is 35.9 Å². The van der Waals surface area contributed by atoms with Crippen LogP contribution in [0.15, 0.2) is 42.7 Å². The van der Waals surface area contributed by atoms with E-state index < -0.39 is 0 Å². The van der Waals surface area contributed by atoms with Crippen molar-refractivity contribution in [2.75, 3.05) is 5.32 Å². The molecule has 0 saturated heterocycles. The molecule has 5 heteroatoms. The molecule has 128 valence electrons. The second-order valence-electron chi connectivity index (χ2n) is 6.05. The first-order valence-corrected chi connectivity index (χ1v) is 9.19. The zero-order valence-electron chi connectivity index (χ0n) is 14.7. The number of carbonyl (C=O) groups excluding carboxylic acids is 1. The van der Waals surface area contributed by atoms with E-state index in [2.05, 4.69) is 49.3 Å². The summed E-state index contributed by atoms with van der Waals surface area (Å²) in [6, 6.07) is 9.78. The molecule has 1 N–H and O–H groups in total. The summed E-state index contributed by atoms with van der Waals surface area (Å²) in [6.07, 6.45) is 5.21. The second kappa shape index (κ2) is 7.57. The normalized spacial score (nSPS) is 10.7. The molecular weight excluding hydrogens is 330 g/mol. The van der Waals surface area contributed by atoms with Crippen molar-refractivity contribution in [2.24, 2.45) is 0 Å². The predicted molar refractivity (Wildman–Crippen MR) is 103 cm³/mol. The largest absolute Gasteiger partial charge is 0.298 e. The van der Waals surface area contributed by atoms with Crippen LogP contribution in [0.1, 0.15) is 39.7 Å². The Bertz CT molecular complexity index is 887. The zero-order chi connectivity index (χ0) is 17.8. The maximum atomic E-state index is 12.4. The van der Waals surface area contributed by atoms with Gasteiger partial charge in [-0.05, 0) is 44.0 Å². The lowest BCUT2D eigenvalue weighted by molar-refractivity contribution is 0.102. The number of benzene rings is 1. The van der Waals surface area contributed by atoms with Crippen molar-refractivity contribution < 1.29 is 4.79 Å². The molecule has 2 aromatic heterocycles. The first kappa shape index (κ1) is 17.3. The molecule has 25 heavy (non-hydrogen) atoms. The topological polar surface area (TPSA) is 54.9 Å². The zero-order valence-corrected chi connectivity index (χ0v) is 15.5. The average molecular weight is 351 g/mol. The molecular formula is C20H21N3OS. The van der Waals surface area contributed by atoms with Crippen molar-refractivity contribution >= 4 is 22.4 Å². The maximum Gasteiger partial charge on any atom is 0.257 e. The van der Waals surface area contributed by atoms with Crippen LogP contribution >= 0.6 is 11.3 Å². The third-order valence-electron chi connectivity index (χ3n) is 3.99. The molecule has 0 saturated carbocycles. The minimum Gasteiger partial charge on any atom is -0.298 e. The molecule has 1 amide bonds. The fourth-order valence-electron chi connectivity index (χ4n) is 2.68. The van der Waals surface area contributed by atoms with Gasteiger partial charge in [0.15, 0.2) is 5.13 Å². The summed E-state index contributed by atoms with van der Waals surface area (Å²) in [7, 11) is 0. The van der Waals surface area contributed by atoms with Crippen molar-refractivity contribution in [3.63, 3.8) is 0 Å². The summed E-state index contributed by atoms with van der Waals surface area (Å²) >= 11 is 1.56.